The first-order chi connectivity index (χ1) is 9.70. The van der Waals surface area contributed by atoms with E-state index >= 15 is 0 Å². The Labute approximate surface area is 118 Å². The molecule has 1 aromatic heterocycles. The highest BCUT2D eigenvalue weighted by atomic mass is 16.5. The Kier molecular flexibility index (Phi) is 4.51. The van der Waals surface area contributed by atoms with Gasteiger partial charge in [-0.1, -0.05) is 6.07 Å². The van der Waals surface area contributed by atoms with Gasteiger partial charge in [-0.2, -0.15) is 5.26 Å². The van der Waals surface area contributed by atoms with Gasteiger partial charge in [0.2, 0.25) is 0 Å². The maximum absolute atomic E-state index is 8.52. The lowest BCUT2D eigenvalue weighted by Crippen LogP contribution is -2.11. The number of nitriles is 1. The zero-order valence-electron chi connectivity index (χ0n) is 11.5. The van der Waals surface area contributed by atoms with Crippen molar-refractivity contribution in [2.75, 3.05) is 11.9 Å². The molecule has 0 bridgehead atoms. The van der Waals surface area contributed by atoms with E-state index in [2.05, 4.69) is 15.3 Å². The van der Waals surface area contributed by atoms with Gasteiger partial charge in [0.05, 0.1) is 17.4 Å². The lowest BCUT2D eigenvalue weighted by molar-refractivity contribution is 0.368. The van der Waals surface area contributed by atoms with Crippen LogP contribution in [0.15, 0.2) is 36.7 Å². The molecule has 102 valence electrons. The zero-order chi connectivity index (χ0) is 14.4. The minimum absolute atomic E-state index is 0.0370. The second-order valence-electron chi connectivity index (χ2n) is 4.37. The van der Waals surface area contributed by atoms with Crippen LogP contribution in [0.25, 0.3) is 0 Å². The molecular weight excluding hydrogens is 252 g/mol. The molecule has 0 aliphatic rings. The van der Waals surface area contributed by atoms with E-state index in [9.17, 15) is 0 Å². The van der Waals surface area contributed by atoms with Crippen LogP contribution in [0, 0.1) is 18.3 Å². The minimum Gasteiger partial charge on any atom is -0.479 e. The van der Waals surface area contributed by atoms with Crippen LogP contribution in [0.3, 0.4) is 0 Å². The largest absolute Gasteiger partial charge is 0.479 e. The van der Waals surface area contributed by atoms with Crippen LogP contribution < -0.4 is 10.1 Å². The van der Waals surface area contributed by atoms with E-state index in [4.69, 9.17) is 10.00 Å². The molecule has 5 heteroatoms. The predicted molar refractivity (Wildman–Crippen MR) is 76.4 cm³/mol. The molecule has 0 fully saturated rings. The summed E-state index contributed by atoms with van der Waals surface area (Å²) in [5.74, 6) is 0.666. The fraction of sp³-hybridized carbons (Fsp3) is 0.267. The molecule has 0 amide bonds. The maximum atomic E-state index is 8.52. The topological polar surface area (TPSA) is 70.8 Å². The third-order valence-corrected chi connectivity index (χ3v) is 2.85. The van der Waals surface area contributed by atoms with Gasteiger partial charge in [0.1, 0.15) is 11.8 Å². The van der Waals surface area contributed by atoms with Gasteiger partial charge in [-0.05, 0) is 26.0 Å². The van der Waals surface area contributed by atoms with Crippen LogP contribution in [0.2, 0.25) is 0 Å². The number of anilines is 1. The van der Waals surface area contributed by atoms with E-state index in [0.717, 1.165) is 17.1 Å². The van der Waals surface area contributed by atoms with Gasteiger partial charge in [-0.25, -0.2) is 0 Å². The highest BCUT2D eigenvalue weighted by molar-refractivity contribution is 5.49. The van der Waals surface area contributed by atoms with Gasteiger partial charge in [0, 0.05) is 24.1 Å². The molecule has 1 aromatic carbocycles. The quantitative estimate of drug-likeness (QED) is 0.902. The number of ether oxygens (including phenoxy) is 1. The van der Waals surface area contributed by atoms with Crippen molar-refractivity contribution in [2.45, 2.75) is 19.9 Å². The van der Waals surface area contributed by atoms with Gasteiger partial charge in [0.25, 0.3) is 0 Å². The summed E-state index contributed by atoms with van der Waals surface area (Å²) in [7, 11) is 0. The van der Waals surface area contributed by atoms with Crippen molar-refractivity contribution in [1.82, 2.24) is 9.97 Å². The minimum atomic E-state index is 0.0370. The maximum Gasteiger partial charge on any atom is 0.174 e. The van der Waals surface area contributed by atoms with Gasteiger partial charge in [-0.3, -0.25) is 9.97 Å². The molecule has 0 aliphatic carbocycles. The lowest BCUT2D eigenvalue weighted by Gasteiger charge is -2.16. The summed E-state index contributed by atoms with van der Waals surface area (Å²) < 4.78 is 5.28. The van der Waals surface area contributed by atoms with Crippen LogP contribution in [0.1, 0.15) is 24.4 Å². The van der Waals surface area contributed by atoms with E-state index in [1.807, 2.05) is 44.2 Å². The molecule has 0 radical (unpaired) electrons. The average molecular weight is 268 g/mol. The fourth-order valence-electron chi connectivity index (χ4n) is 1.95. The molecule has 1 N–H and O–H groups in total. The van der Waals surface area contributed by atoms with E-state index < -0.39 is 0 Å². The van der Waals surface area contributed by atoms with Crippen molar-refractivity contribution >= 4 is 5.69 Å². The monoisotopic (exact) mass is 268 g/mol. The Morgan fingerprint density at radius 2 is 2.15 bits per heavy atom. The summed E-state index contributed by atoms with van der Waals surface area (Å²) in [6, 6.07) is 9.49. The smallest absolute Gasteiger partial charge is 0.174 e. The SMILES string of the molecule is Cc1nccnc1C(C)Nc1cccc(OCC#N)c1. The Balaban J connectivity index is 2.10. The molecule has 0 saturated carbocycles. The summed E-state index contributed by atoms with van der Waals surface area (Å²) in [5.41, 5.74) is 2.73. The lowest BCUT2D eigenvalue weighted by atomic mass is 10.1. The number of hydrogen-bond acceptors (Lipinski definition) is 5. The number of nitrogens with one attached hydrogen (secondary N) is 1. The predicted octanol–water partition coefficient (Wildman–Crippen LogP) is 2.86. The van der Waals surface area contributed by atoms with E-state index in [0.29, 0.717) is 5.75 Å². The first-order valence-corrected chi connectivity index (χ1v) is 6.34. The Morgan fingerprint density at radius 3 is 2.90 bits per heavy atom. The highest BCUT2D eigenvalue weighted by Gasteiger charge is 2.10. The first kappa shape index (κ1) is 13.8. The summed E-state index contributed by atoms with van der Waals surface area (Å²) in [6.07, 6.45) is 3.37. The molecule has 5 nitrogen and oxygen atoms in total. The Morgan fingerprint density at radius 1 is 1.35 bits per heavy atom. The molecule has 1 atom stereocenters. The molecule has 2 aromatic rings. The summed E-state index contributed by atoms with van der Waals surface area (Å²) in [4.78, 5) is 8.58. The van der Waals surface area contributed by atoms with E-state index in [1.165, 1.54) is 0 Å². The summed E-state index contributed by atoms with van der Waals surface area (Å²) in [5, 5.41) is 11.9. The molecule has 0 aliphatic heterocycles. The van der Waals surface area contributed by atoms with Crippen LogP contribution in [0.5, 0.6) is 5.75 Å². The summed E-state index contributed by atoms with van der Waals surface area (Å²) in [6.45, 7) is 4.01. The highest BCUT2D eigenvalue weighted by Crippen LogP contribution is 2.22. The standard InChI is InChI=1S/C15H16N4O/c1-11-15(18-8-7-17-11)12(2)19-13-4-3-5-14(10-13)20-9-6-16/h3-5,7-8,10,12,19H,9H2,1-2H3. The van der Waals surface area contributed by atoms with Crippen molar-refractivity contribution in [3.05, 3.63) is 48.0 Å². The molecular formula is C15H16N4O. The summed E-state index contributed by atoms with van der Waals surface area (Å²) >= 11 is 0. The van der Waals surface area contributed by atoms with Crippen molar-refractivity contribution in [1.29, 1.82) is 5.26 Å². The van der Waals surface area contributed by atoms with Crippen LogP contribution in [-0.2, 0) is 0 Å². The molecule has 0 saturated heterocycles. The van der Waals surface area contributed by atoms with E-state index in [1.54, 1.807) is 12.4 Å². The molecule has 20 heavy (non-hydrogen) atoms. The van der Waals surface area contributed by atoms with Crippen LogP contribution in [-0.4, -0.2) is 16.6 Å². The number of nitrogens with zero attached hydrogens (tertiary/aromatic N) is 3. The number of aromatic nitrogens is 2. The Bertz CT molecular complexity index is 621. The second kappa shape index (κ2) is 6.53. The third kappa shape index (κ3) is 3.45. The van der Waals surface area contributed by atoms with Crippen LogP contribution >= 0.6 is 0 Å². The van der Waals surface area contributed by atoms with Gasteiger partial charge in [-0.15, -0.1) is 0 Å². The van der Waals surface area contributed by atoms with Crippen molar-refractivity contribution in [3.63, 3.8) is 0 Å². The van der Waals surface area contributed by atoms with Gasteiger partial charge < -0.3 is 10.1 Å². The molecule has 1 heterocycles. The van der Waals surface area contributed by atoms with Gasteiger partial charge >= 0.3 is 0 Å². The zero-order valence-corrected chi connectivity index (χ0v) is 11.5. The molecule has 2 rings (SSSR count). The van der Waals surface area contributed by atoms with Crippen molar-refractivity contribution in [2.24, 2.45) is 0 Å². The molecule has 1 unspecified atom stereocenters. The number of benzene rings is 1. The number of hydrogen-bond donors (Lipinski definition) is 1. The van der Waals surface area contributed by atoms with Crippen molar-refractivity contribution in [3.8, 4) is 11.8 Å². The third-order valence-electron chi connectivity index (χ3n) is 2.85. The van der Waals surface area contributed by atoms with Crippen LogP contribution in [0.4, 0.5) is 5.69 Å². The number of aryl methyl sites for hydroxylation is 1. The average Bonchev–Trinajstić information content (AvgIpc) is 2.46. The molecule has 0 spiro atoms. The normalized spacial score (nSPS) is 11.4. The fourth-order valence-corrected chi connectivity index (χ4v) is 1.95. The Hall–Kier alpha value is -2.61. The van der Waals surface area contributed by atoms with Gasteiger partial charge in [0.15, 0.2) is 6.61 Å². The second-order valence-corrected chi connectivity index (χ2v) is 4.37. The first-order valence-electron chi connectivity index (χ1n) is 6.34. The number of rotatable bonds is 5. The van der Waals surface area contributed by atoms with Crippen molar-refractivity contribution < 1.29 is 4.74 Å². The van der Waals surface area contributed by atoms with E-state index in [-0.39, 0.29) is 12.6 Å².